The Morgan fingerprint density at radius 1 is 1.48 bits per heavy atom. The van der Waals surface area contributed by atoms with Crippen LogP contribution in [0.3, 0.4) is 0 Å². The van der Waals surface area contributed by atoms with Crippen molar-refractivity contribution in [2.45, 2.75) is 31.7 Å². The normalized spacial score (nSPS) is 22.1. The molecule has 0 amide bonds. The third-order valence-corrected chi connectivity index (χ3v) is 5.48. The minimum atomic E-state index is -3.08. The Bertz CT molecular complexity index is 577. The Balaban J connectivity index is 1.89. The van der Waals surface area contributed by atoms with Gasteiger partial charge in [-0.1, -0.05) is 23.7 Å². The van der Waals surface area contributed by atoms with Gasteiger partial charge in [0.05, 0.1) is 6.26 Å². The van der Waals surface area contributed by atoms with E-state index >= 15 is 0 Å². The molecule has 1 fully saturated rings. The van der Waals surface area contributed by atoms with Crippen molar-refractivity contribution in [3.05, 3.63) is 34.9 Å². The van der Waals surface area contributed by atoms with Crippen molar-refractivity contribution in [3.63, 3.8) is 0 Å². The van der Waals surface area contributed by atoms with E-state index in [1.54, 1.807) is 4.31 Å². The Hall–Kier alpha value is -0.620. The number of hydrogen-bond donors (Lipinski definition) is 1. The number of sulfonamides is 1. The van der Waals surface area contributed by atoms with E-state index in [0.29, 0.717) is 19.0 Å². The zero-order chi connectivity index (χ0) is 15.5. The van der Waals surface area contributed by atoms with E-state index in [9.17, 15) is 8.42 Å². The van der Waals surface area contributed by atoms with Crippen molar-refractivity contribution < 1.29 is 8.42 Å². The fourth-order valence-electron chi connectivity index (χ4n) is 3.00. The van der Waals surface area contributed by atoms with E-state index in [1.807, 2.05) is 24.3 Å². The fraction of sp³-hybridized carbons (Fsp3) is 0.600. The van der Waals surface area contributed by atoms with Crippen LogP contribution in [0.25, 0.3) is 0 Å². The summed E-state index contributed by atoms with van der Waals surface area (Å²) in [6, 6.07) is 7.77. The maximum Gasteiger partial charge on any atom is 0.211 e. The molecule has 2 unspecified atom stereocenters. The second-order valence-electron chi connectivity index (χ2n) is 5.96. The van der Waals surface area contributed by atoms with Crippen LogP contribution >= 0.6 is 11.6 Å². The Kier molecular flexibility index (Phi) is 5.66. The van der Waals surface area contributed by atoms with Gasteiger partial charge in [0.25, 0.3) is 0 Å². The number of halogens is 1. The molecule has 0 aliphatic carbocycles. The van der Waals surface area contributed by atoms with Gasteiger partial charge in [-0.25, -0.2) is 12.7 Å². The lowest BCUT2D eigenvalue weighted by Crippen LogP contribution is -2.41. The van der Waals surface area contributed by atoms with Crippen LogP contribution in [0.15, 0.2) is 24.3 Å². The van der Waals surface area contributed by atoms with Gasteiger partial charge < -0.3 is 5.73 Å². The third kappa shape index (κ3) is 5.25. The first-order valence-electron chi connectivity index (χ1n) is 7.30. The van der Waals surface area contributed by atoms with Gasteiger partial charge in [-0.3, -0.25) is 0 Å². The molecule has 0 bridgehead atoms. The fourth-order valence-corrected chi connectivity index (χ4v) is 4.15. The molecule has 21 heavy (non-hydrogen) atoms. The molecule has 2 rings (SSSR count). The molecule has 118 valence electrons. The predicted molar refractivity (Wildman–Crippen MR) is 86.9 cm³/mol. The highest BCUT2D eigenvalue weighted by Crippen LogP contribution is 2.23. The topological polar surface area (TPSA) is 63.4 Å². The van der Waals surface area contributed by atoms with E-state index in [2.05, 4.69) is 0 Å². The molecule has 1 aliphatic heterocycles. The molecule has 1 heterocycles. The molecule has 6 heteroatoms. The number of rotatable bonds is 5. The SMILES string of the molecule is CS(=O)(=O)N1CCCC(CC(N)Cc2cccc(Cl)c2)C1. The van der Waals surface area contributed by atoms with Crippen LogP contribution in [0.1, 0.15) is 24.8 Å². The van der Waals surface area contributed by atoms with E-state index < -0.39 is 10.0 Å². The molecule has 1 aromatic carbocycles. The second kappa shape index (κ2) is 7.09. The summed E-state index contributed by atoms with van der Waals surface area (Å²) in [6.45, 7) is 1.24. The van der Waals surface area contributed by atoms with Gasteiger partial charge in [-0.15, -0.1) is 0 Å². The summed E-state index contributed by atoms with van der Waals surface area (Å²) in [5.74, 6) is 0.350. The Morgan fingerprint density at radius 3 is 2.90 bits per heavy atom. The van der Waals surface area contributed by atoms with Gasteiger partial charge in [0, 0.05) is 24.2 Å². The van der Waals surface area contributed by atoms with E-state index in [4.69, 9.17) is 17.3 Å². The average molecular weight is 331 g/mol. The largest absolute Gasteiger partial charge is 0.327 e. The summed E-state index contributed by atoms with van der Waals surface area (Å²) >= 11 is 5.98. The monoisotopic (exact) mass is 330 g/mol. The maximum absolute atomic E-state index is 11.6. The van der Waals surface area contributed by atoms with Gasteiger partial charge >= 0.3 is 0 Å². The van der Waals surface area contributed by atoms with Crippen molar-refractivity contribution in [3.8, 4) is 0 Å². The highest BCUT2D eigenvalue weighted by Gasteiger charge is 2.26. The van der Waals surface area contributed by atoms with E-state index in [0.717, 1.165) is 36.3 Å². The molecule has 0 aromatic heterocycles. The Morgan fingerprint density at radius 2 is 2.24 bits per heavy atom. The van der Waals surface area contributed by atoms with Crippen LogP contribution in [0.5, 0.6) is 0 Å². The molecule has 0 saturated carbocycles. The quantitative estimate of drug-likeness (QED) is 0.900. The molecule has 2 atom stereocenters. The summed E-state index contributed by atoms with van der Waals surface area (Å²) in [6.07, 6.45) is 4.87. The summed E-state index contributed by atoms with van der Waals surface area (Å²) in [5, 5.41) is 0.723. The number of benzene rings is 1. The van der Waals surface area contributed by atoms with E-state index in [-0.39, 0.29) is 6.04 Å². The molecular weight excluding hydrogens is 308 g/mol. The highest BCUT2D eigenvalue weighted by molar-refractivity contribution is 7.88. The van der Waals surface area contributed by atoms with Crippen molar-refractivity contribution in [1.82, 2.24) is 4.31 Å². The van der Waals surface area contributed by atoms with Crippen molar-refractivity contribution in [2.75, 3.05) is 19.3 Å². The van der Waals surface area contributed by atoms with Crippen LogP contribution in [0.4, 0.5) is 0 Å². The lowest BCUT2D eigenvalue weighted by Gasteiger charge is -2.32. The average Bonchev–Trinajstić information content (AvgIpc) is 2.37. The van der Waals surface area contributed by atoms with Gasteiger partial charge in [0.1, 0.15) is 0 Å². The van der Waals surface area contributed by atoms with Crippen molar-refractivity contribution >= 4 is 21.6 Å². The molecule has 1 saturated heterocycles. The van der Waals surface area contributed by atoms with Gasteiger partial charge in [-0.05, 0) is 49.3 Å². The maximum atomic E-state index is 11.6. The standard InChI is InChI=1S/C15H23ClN2O2S/c1-21(19,20)18-7-3-5-13(11-18)10-15(17)9-12-4-2-6-14(16)8-12/h2,4,6,8,13,15H,3,5,7,9-11,17H2,1H3. The summed E-state index contributed by atoms with van der Waals surface area (Å²) in [5.41, 5.74) is 7.36. The van der Waals surface area contributed by atoms with Gasteiger partial charge in [0.2, 0.25) is 10.0 Å². The van der Waals surface area contributed by atoms with Gasteiger partial charge in [-0.2, -0.15) is 0 Å². The number of hydrogen-bond acceptors (Lipinski definition) is 3. The summed E-state index contributed by atoms with van der Waals surface area (Å²) in [4.78, 5) is 0. The summed E-state index contributed by atoms with van der Waals surface area (Å²) < 4.78 is 24.8. The molecule has 1 aliphatic rings. The van der Waals surface area contributed by atoms with Crippen molar-refractivity contribution in [1.29, 1.82) is 0 Å². The van der Waals surface area contributed by atoms with Crippen molar-refractivity contribution in [2.24, 2.45) is 11.7 Å². The number of piperidine rings is 1. The van der Waals surface area contributed by atoms with Gasteiger partial charge in [0.15, 0.2) is 0 Å². The molecule has 1 aromatic rings. The van der Waals surface area contributed by atoms with Crippen LogP contribution in [-0.4, -0.2) is 38.1 Å². The van der Waals surface area contributed by atoms with Crippen LogP contribution in [0, 0.1) is 5.92 Å². The minimum Gasteiger partial charge on any atom is -0.327 e. The zero-order valence-electron chi connectivity index (χ0n) is 12.3. The molecule has 4 nitrogen and oxygen atoms in total. The lowest BCUT2D eigenvalue weighted by atomic mass is 9.90. The number of nitrogens with zero attached hydrogens (tertiary/aromatic N) is 1. The van der Waals surface area contributed by atoms with Crippen LogP contribution in [0.2, 0.25) is 5.02 Å². The van der Waals surface area contributed by atoms with Crippen LogP contribution in [-0.2, 0) is 16.4 Å². The highest BCUT2D eigenvalue weighted by atomic mass is 35.5. The third-order valence-electron chi connectivity index (χ3n) is 3.97. The minimum absolute atomic E-state index is 0.0352. The molecular formula is C15H23ClN2O2S. The first-order valence-corrected chi connectivity index (χ1v) is 9.52. The smallest absolute Gasteiger partial charge is 0.211 e. The number of nitrogens with two attached hydrogens (primary N) is 1. The zero-order valence-corrected chi connectivity index (χ0v) is 13.9. The Labute approximate surface area is 132 Å². The van der Waals surface area contributed by atoms with Crippen LogP contribution < -0.4 is 5.73 Å². The molecule has 0 radical (unpaired) electrons. The first kappa shape index (κ1) is 16.7. The second-order valence-corrected chi connectivity index (χ2v) is 8.38. The van der Waals surface area contributed by atoms with E-state index in [1.165, 1.54) is 6.26 Å². The predicted octanol–water partition coefficient (Wildman–Crippen LogP) is 2.27. The molecule has 0 spiro atoms. The summed E-state index contributed by atoms with van der Waals surface area (Å²) in [7, 11) is -3.08. The first-order chi connectivity index (χ1) is 9.84. The lowest BCUT2D eigenvalue weighted by molar-refractivity contribution is 0.246. The molecule has 2 N–H and O–H groups in total.